The van der Waals surface area contributed by atoms with Crippen LogP contribution < -0.4 is 5.32 Å². The molecule has 3 N–H and O–H groups in total. The Morgan fingerprint density at radius 3 is 2.11 bits per heavy atom. The Morgan fingerprint density at radius 1 is 1.07 bits per heavy atom. The number of aliphatic hydroxyl groups is 1. The predicted octanol–water partition coefficient (Wildman–Crippen LogP) is 3.59. The van der Waals surface area contributed by atoms with Crippen LogP contribution in [0.3, 0.4) is 0 Å². The summed E-state index contributed by atoms with van der Waals surface area (Å²) in [7, 11) is 0. The van der Waals surface area contributed by atoms with Gasteiger partial charge in [0.05, 0.1) is 5.60 Å². The average molecular weight is 403 g/mol. The van der Waals surface area contributed by atoms with Crippen LogP contribution in [0, 0.1) is 5.41 Å². The second-order valence-corrected chi connectivity index (χ2v) is 8.25. The molecule has 0 unspecified atom stereocenters. The number of hydrogen-bond donors (Lipinski definition) is 3. The van der Waals surface area contributed by atoms with E-state index in [2.05, 4.69) is 12.2 Å². The van der Waals surface area contributed by atoms with Gasteiger partial charge in [-0.2, -0.15) is 0 Å². The lowest BCUT2D eigenvalue weighted by atomic mass is 9.89. The molecule has 0 rings (SSSR count). The number of rotatable bonds is 13. The molecule has 0 fully saturated rings. The smallest absolute Gasteiger partial charge is 0.326 e. The monoisotopic (exact) mass is 402 g/mol. The molecule has 0 bridgehead atoms. The van der Waals surface area contributed by atoms with E-state index in [0.717, 1.165) is 19.3 Å². The Balaban J connectivity index is 4.61. The molecule has 28 heavy (non-hydrogen) atoms. The van der Waals surface area contributed by atoms with Gasteiger partial charge < -0.3 is 14.7 Å². The zero-order valence-electron chi connectivity index (χ0n) is 21.2. The molecule has 164 valence electrons. The molecule has 0 radical (unpaired) electrons. The van der Waals surface area contributed by atoms with Crippen LogP contribution >= 0.6 is 0 Å². The van der Waals surface area contributed by atoms with Gasteiger partial charge in [0.15, 0.2) is 5.96 Å². The third kappa shape index (κ3) is 11.3. The van der Waals surface area contributed by atoms with Crippen LogP contribution in [0.1, 0.15) is 96.5 Å². The van der Waals surface area contributed by atoms with Crippen molar-refractivity contribution < 1.29 is 23.5 Å². The van der Waals surface area contributed by atoms with Crippen molar-refractivity contribution in [2.24, 2.45) is 0 Å². The lowest BCUT2D eigenvalue weighted by Gasteiger charge is -2.36. The Morgan fingerprint density at radius 2 is 1.61 bits per heavy atom. The SMILES string of the molecule is [2H]C([2H])([2H])N(CC(=O)OC(C)(C)C(C)(C)O)C(=N)NC(=O)CCCCCCCCCC. The quantitative estimate of drug-likeness (QED) is 0.189. The van der Waals surface area contributed by atoms with E-state index in [0.29, 0.717) is 11.3 Å². The molecule has 7 heteroatoms. The van der Waals surface area contributed by atoms with Gasteiger partial charge >= 0.3 is 5.97 Å². The first-order chi connectivity index (χ1) is 14.1. The molecule has 0 aliphatic carbocycles. The fourth-order valence-electron chi connectivity index (χ4n) is 2.33. The van der Waals surface area contributed by atoms with Crippen molar-refractivity contribution in [3.05, 3.63) is 0 Å². The van der Waals surface area contributed by atoms with E-state index in [9.17, 15) is 14.7 Å². The van der Waals surface area contributed by atoms with Crippen molar-refractivity contribution >= 4 is 17.8 Å². The van der Waals surface area contributed by atoms with E-state index >= 15 is 0 Å². The molecule has 0 aromatic heterocycles. The fraction of sp³-hybridized carbons (Fsp3) is 0.857. The largest absolute Gasteiger partial charge is 0.455 e. The highest BCUT2D eigenvalue weighted by molar-refractivity contribution is 5.96. The normalized spacial score (nSPS) is 13.9. The summed E-state index contributed by atoms with van der Waals surface area (Å²) in [4.78, 5) is 24.9. The summed E-state index contributed by atoms with van der Waals surface area (Å²) in [5.74, 6) is -2.07. The highest BCUT2D eigenvalue weighted by Gasteiger charge is 2.39. The number of hydrogen-bond acceptors (Lipinski definition) is 5. The van der Waals surface area contributed by atoms with Crippen molar-refractivity contribution in [2.75, 3.05) is 13.5 Å². The number of esters is 1. The van der Waals surface area contributed by atoms with Gasteiger partial charge in [0, 0.05) is 17.5 Å². The van der Waals surface area contributed by atoms with Crippen LogP contribution in [-0.2, 0) is 14.3 Å². The van der Waals surface area contributed by atoms with Gasteiger partial charge in [-0.1, -0.05) is 51.9 Å². The molecule has 0 aromatic rings. The fourth-order valence-corrected chi connectivity index (χ4v) is 2.33. The summed E-state index contributed by atoms with van der Waals surface area (Å²) < 4.78 is 28.0. The number of carbonyl (C=O) groups is 2. The summed E-state index contributed by atoms with van der Waals surface area (Å²) >= 11 is 0. The molecule has 0 saturated carbocycles. The summed E-state index contributed by atoms with van der Waals surface area (Å²) in [5, 5.41) is 20.3. The number of ether oxygens (including phenoxy) is 1. The minimum atomic E-state index is -2.82. The van der Waals surface area contributed by atoms with Crippen LogP contribution in [0.25, 0.3) is 0 Å². The van der Waals surface area contributed by atoms with Crippen LogP contribution in [0.2, 0.25) is 0 Å². The number of guanidine groups is 1. The maximum Gasteiger partial charge on any atom is 0.326 e. The molecule has 1 amide bonds. The van der Waals surface area contributed by atoms with Crippen molar-refractivity contribution in [3.63, 3.8) is 0 Å². The minimum absolute atomic E-state index is 0.183. The standard InChI is InChI=1S/C21H41N3O4/c1-7-8-9-10-11-12-13-14-15-17(25)23-19(22)24(6)16-18(26)28-21(4,5)20(2,3)27/h27H,7-16H2,1-6H3,(H2,22,23,25)/i6D3. The molecule has 7 nitrogen and oxygen atoms in total. The van der Waals surface area contributed by atoms with E-state index in [4.69, 9.17) is 14.3 Å². The molecule has 0 aromatic carbocycles. The van der Waals surface area contributed by atoms with E-state index < -0.39 is 42.6 Å². The number of carbonyl (C=O) groups excluding carboxylic acids is 2. The lowest BCUT2D eigenvalue weighted by molar-refractivity contribution is -0.180. The van der Waals surface area contributed by atoms with E-state index in [1.54, 1.807) is 0 Å². The van der Waals surface area contributed by atoms with Crippen molar-refractivity contribution in [3.8, 4) is 0 Å². The van der Waals surface area contributed by atoms with Gasteiger partial charge in [-0.15, -0.1) is 0 Å². The van der Waals surface area contributed by atoms with Gasteiger partial charge in [0.1, 0.15) is 12.1 Å². The number of unbranched alkanes of at least 4 members (excludes halogenated alkanes) is 7. The second-order valence-electron chi connectivity index (χ2n) is 8.25. The topological polar surface area (TPSA) is 103 Å². The second kappa shape index (κ2) is 12.8. The zero-order chi connectivity index (χ0) is 24.3. The van der Waals surface area contributed by atoms with Crippen molar-refractivity contribution in [1.29, 1.82) is 5.41 Å². The third-order valence-electron chi connectivity index (χ3n) is 4.91. The van der Waals surface area contributed by atoms with Gasteiger partial charge in [-0.25, -0.2) is 0 Å². The third-order valence-corrected chi connectivity index (χ3v) is 4.91. The minimum Gasteiger partial charge on any atom is -0.455 e. The molecule has 0 aliphatic rings. The summed E-state index contributed by atoms with van der Waals surface area (Å²) in [5.41, 5.74) is -2.63. The van der Waals surface area contributed by atoms with Gasteiger partial charge in [0.25, 0.3) is 0 Å². The van der Waals surface area contributed by atoms with Gasteiger partial charge in [-0.3, -0.25) is 20.3 Å². The first-order valence-corrected chi connectivity index (χ1v) is 10.2. The maximum atomic E-state index is 12.3. The van der Waals surface area contributed by atoms with Gasteiger partial charge in [-0.05, 0) is 34.1 Å². The van der Waals surface area contributed by atoms with E-state index in [1.807, 2.05) is 0 Å². The Hall–Kier alpha value is -1.63. The van der Waals surface area contributed by atoms with E-state index in [1.165, 1.54) is 53.4 Å². The number of nitrogens with zero attached hydrogens (tertiary/aromatic N) is 1. The van der Waals surface area contributed by atoms with E-state index in [-0.39, 0.29) is 6.42 Å². The Labute approximate surface area is 174 Å². The zero-order valence-corrected chi connectivity index (χ0v) is 18.2. The number of amides is 1. The number of likely N-dealkylation sites (N-methyl/N-ethyl adjacent to an activating group) is 1. The average Bonchev–Trinajstić information content (AvgIpc) is 2.59. The number of nitrogens with one attached hydrogen (secondary N) is 2. The Kier molecular flexibility index (Phi) is 9.61. The van der Waals surface area contributed by atoms with Crippen LogP contribution in [0.4, 0.5) is 0 Å². The maximum absolute atomic E-state index is 12.3. The highest BCUT2D eigenvalue weighted by atomic mass is 16.6. The molecule has 0 saturated heterocycles. The summed E-state index contributed by atoms with van der Waals surface area (Å²) in [6.45, 7) is 4.53. The highest BCUT2D eigenvalue weighted by Crippen LogP contribution is 2.25. The summed E-state index contributed by atoms with van der Waals surface area (Å²) in [6, 6.07) is 0. The molecular formula is C21H41N3O4. The molecule has 0 spiro atoms. The molecule has 0 heterocycles. The predicted molar refractivity (Wildman–Crippen MR) is 112 cm³/mol. The first kappa shape index (κ1) is 21.1. The molecule has 0 aliphatic heterocycles. The van der Waals surface area contributed by atoms with Crippen molar-refractivity contribution in [1.82, 2.24) is 10.2 Å². The van der Waals surface area contributed by atoms with Crippen LogP contribution in [-0.4, -0.2) is 52.6 Å². The van der Waals surface area contributed by atoms with Crippen molar-refractivity contribution in [2.45, 2.75) is 104 Å². The van der Waals surface area contributed by atoms with Crippen LogP contribution in [0.5, 0.6) is 0 Å². The molecular weight excluding hydrogens is 358 g/mol. The summed E-state index contributed by atoms with van der Waals surface area (Å²) in [6.07, 6.45) is 8.78. The molecule has 0 atom stereocenters. The van der Waals surface area contributed by atoms with Gasteiger partial charge in [0.2, 0.25) is 5.91 Å². The first-order valence-electron chi connectivity index (χ1n) is 11.7. The van der Waals surface area contributed by atoms with Crippen LogP contribution in [0.15, 0.2) is 0 Å². The Bertz CT molecular complexity index is 587. The lowest BCUT2D eigenvalue weighted by Crippen LogP contribution is -2.50.